The molecule has 1 aliphatic heterocycles. The van der Waals surface area contributed by atoms with Gasteiger partial charge in [0.05, 0.1) is 25.3 Å². The van der Waals surface area contributed by atoms with Gasteiger partial charge in [0.1, 0.15) is 5.69 Å². The van der Waals surface area contributed by atoms with Gasteiger partial charge in [-0.05, 0) is 50.6 Å². The predicted octanol–water partition coefficient (Wildman–Crippen LogP) is 5.58. The van der Waals surface area contributed by atoms with Crippen molar-refractivity contribution in [1.82, 2.24) is 10.1 Å². The average Bonchev–Trinajstić information content (AvgIpc) is 3.26. The van der Waals surface area contributed by atoms with Crippen LogP contribution in [0.15, 0.2) is 53.1 Å². The number of benzene rings is 2. The molecule has 2 heterocycles. The molecule has 1 fully saturated rings. The number of hydrogen-bond donors (Lipinski definition) is 0. The molecule has 1 aliphatic rings. The number of morpholine rings is 1. The molecule has 1 amide bonds. The fourth-order valence-electron chi connectivity index (χ4n) is 4.05. The number of halogens is 1. The number of aromatic nitrogens is 1. The third-order valence-electron chi connectivity index (χ3n) is 6.16. The Morgan fingerprint density at radius 2 is 1.91 bits per heavy atom. The fraction of sp³-hybridized carbons (Fsp3) is 0.385. The summed E-state index contributed by atoms with van der Waals surface area (Å²) < 4.78 is 11.4. The first-order valence-electron chi connectivity index (χ1n) is 11.4. The largest absolute Gasteiger partial charge is 0.378 e. The van der Waals surface area contributed by atoms with Crippen LogP contribution in [0.4, 0.5) is 5.88 Å². The minimum Gasteiger partial charge on any atom is -0.378 e. The van der Waals surface area contributed by atoms with Gasteiger partial charge in [-0.25, -0.2) is 0 Å². The van der Waals surface area contributed by atoms with Crippen LogP contribution in [0.3, 0.4) is 0 Å². The molecule has 1 aromatic heterocycles. The molecule has 0 bridgehead atoms. The van der Waals surface area contributed by atoms with Gasteiger partial charge < -0.3 is 19.1 Å². The molecule has 3 aromatic rings. The zero-order valence-electron chi connectivity index (χ0n) is 19.4. The van der Waals surface area contributed by atoms with Gasteiger partial charge in [-0.3, -0.25) is 4.79 Å². The molecule has 0 radical (unpaired) electrons. The summed E-state index contributed by atoms with van der Waals surface area (Å²) in [5.74, 6) is 0.678. The molecule has 0 spiro atoms. The second-order valence-corrected chi connectivity index (χ2v) is 8.92. The zero-order valence-corrected chi connectivity index (χ0v) is 20.1. The molecule has 2 aromatic carbocycles. The molecule has 33 heavy (non-hydrogen) atoms. The van der Waals surface area contributed by atoms with E-state index in [4.69, 9.17) is 20.9 Å². The lowest BCUT2D eigenvalue weighted by molar-refractivity contribution is 0.0671. The minimum atomic E-state index is -0.0367. The van der Waals surface area contributed by atoms with Crippen LogP contribution in [0.5, 0.6) is 0 Å². The summed E-state index contributed by atoms with van der Waals surface area (Å²) in [6.07, 6.45) is 0.831. The number of carbonyl (C=O) groups excluding carboxylic acids is 1. The van der Waals surface area contributed by atoms with Crippen molar-refractivity contribution in [3.8, 4) is 11.3 Å². The van der Waals surface area contributed by atoms with Crippen molar-refractivity contribution in [3.63, 3.8) is 0 Å². The van der Waals surface area contributed by atoms with E-state index in [9.17, 15) is 4.79 Å². The molecule has 0 aliphatic carbocycles. The molecule has 1 atom stereocenters. The number of amides is 1. The Morgan fingerprint density at radius 1 is 1.18 bits per heavy atom. The van der Waals surface area contributed by atoms with Crippen molar-refractivity contribution >= 4 is 23.4 Å². The first-order valence-corrected chi connectivity index (χ1v) is 11.8. The maximum Gasteiger partial charge on any atom is 0.254 e. The molecule has 174 valence electrons. The summed E-state index contributed by atoms with van der Waals surface area (Å²) in [5, 5.41) is 5.08. The highest BCUT2D eigenvalue weighted by Gasteiger charge is 2.29. The van der Waals surface area contributed by atoms with Gasteiger partial charge in [0.15, 0.2) is 0 Å². The first-order chi connectivity index (χ1) is 16.0. The van der Waals surface area contributed by atoms with Crippen LogP contribution in [0.25, 0.3) is 11.3 Å². The summed E-state index contributed by atoms with van der Waals surface area (Å²) in [4.78, 5) is 17.6. The molecule has 1 unspecified atom stereocenters. The van der Waals surface area contributed by atoms with Crippen LogP contribution in [0.2, 0.25) is 5.02 Å². The highest BCUT2D eigenvalue weighted by molar-refractivity contribution is 6.30. The monoisotopic (exact) mass is 467 g/mol. The van der Waals surface area contributed by atoms with Crippen molar-refractivity contribution in [2.24, 2.45) is 0 Å². The van der Waals surface area contributed by atoms with Gasteiger partial charge >= 0.3 is 0 Å². The second-order valence-electron chi connectivity index (χ2n) is 8.48. The Bertz CT molecular complexity index is 1090. The van der Waals surface area contributed by atoms with E-state index >= 15 is 0 Å². The molecule has 0 saturated carbocycles. The van der Waals surface area contributed by atoms with Crippen LogP contribution in [0, 0.1) is 6.92 Å². The van der Waals surface area contributed by atoms with Gasteiger partial charge in [-0.15, -0.1) is 0 Å². The number of anilines is 1. The summed E-state index contributed by atoms with van der Waals surface area (Å²) in [6.45, 7) is 9.34. The average molecular weight is 468 g/mol. The number of aryl methyl sites for hydroxylation is 1. The summed E-state index contributed by atoms with van der Waals surface area (Å²) in [7, 11) is 0. The van der Waals surface area contributed by atoms with E-state index in [0.717, 1.165) is 41.9 Å². The molecular formula is C26H30ClN3O3. The van der Waals surface area contributed by atoms with Crippen molar-refractivity contribution in [2.45, 2.75) is 39.8 Å². The summed E-state index contributed by atoms with van der Waals surface area (Å²) in [6, 6.07) is 15.3. The van der Waals surface area contributed by atoms with E-state index in [-0.39, 0.29) is 11.9 Å². The Morgan fingerprint density at radius 3 is 2.58 bits per heavy atom. The standard InChI is InChI=1S/C26H30ClN3O3/c1-4-19(3)30(25(31)20-8-10-22(27)11-9-20)17-23-24(21-7-5-6-18(2)16-21)28-33-26(23)29-12-14-32-15-13-29/h5-11,16,19H,4,12-15,17H2,1-3H3. The third kappa shape index (κ3) is 5.23. The van der Waals surface area contributed by atoms with Crippen molar-refractivity contribution in [3.05, 3.63) is 70.2 Å². The van der Waals surface area contributed by atoms with Crippen molar-refractivity contribution in [2.75, 3.05) is 31.2 Å². The van der Waals surface area contributed by atoms with Crippen LogP contribution in [0.1, 0.15) is 41.8 Å². The van der Waals surface area contributed by atoms with E-state index in [1.165, 1.54) is 0 Å². The maximum absolute atomic E-state index is 13.6. The maximum atomic E-state index is 13.6. The van der Waals surface area contributed by atoms with Crippen molar-refractivity contribution in [1.29, 1.82) is 0 Å². The molecule has 0 N–H and O–H groups in total. The predicted molar refractivity (Wildman–Crippen MR) is 131 cm³/mol. The molecular weight excluding hydrogens is 438 g/mol. The normalized spacial score (nSPS) is 14.8. The van der Waals surface area contributed by atoms with Gasteiger partial charge in [0.25, 0.3) is 5.91 Å². The lowest BCUT2D eigenvalue weighted by atomic mass is 10.0. The lowest BCUT2D eigenvalue weighted by Gasteiger charge is -2.31. The van der Waals surface area contributed by atoms with Crippen molar-refractivity contribution < 1.29 is 14.1 Å². The van der Waals surface area contributed by atoms with E-state index in [0.29, 0.717) is 36.2 Å². The second kappa shape index (κ2) is 10.4. The minimum absolute atomic E-state index is 0.0333. The van der Waals surface area contributed by atoms with Gasteiger partial charge in [0.2, 0.25) is 5.88 Å². The zero-order chi connectivity index (χ0) is 23.4. The fourth-order valence-corrected chi connectivity index (χ4v) is 4.18. The van der Waals surface area contributed by atoms with E-state index < -0.39 is 0 Å². The number of carbonyl (C=O) groups is 1. The molecule has 1 saturated heterocycles. The number of hydrogen-bond acceptors (Lipinski definition) is 5. The van der Waals surface area contributed by atoms with E-state index in [2.05, 4.69) is 43.0 Å². The summed E-state index contributed by atoms with van der Waals surface area (Å²) >= 11 is 6.05. The number of ether oxygens (including phenoxy) is 1. The SMILES string of the molecule is CCC(C)N(Cc1c(-c2cccc(C)c2)noc1N1CCOCC1)C(=O)c1ccc(Cl)cc1. The molecule has 6 nitrogen and oxygen atoms in total. The van der Waals surface area contributed by atoms with Crippen LogP contribution < -0.4 is 4.90 Å². The van der Waals surface area contributed by atoms with Crippen LogP contribution in [-0.4, -0.2) is 48.3 Å². The van der Waals surface area contributed by atoms with Crippen LogP contribution in [-0.2, 0) is 11.3 Å². The Hall–Kier alpha value is -2.83. The Kier molecular flexibility index (Phi) is 7.36. The van der Waals surface area contributed by atoms with Gasteiger partial charge in [-0.1, -0.05) is 47.4 Å². The van der Waals surface area contributed by atoms with Crippen LogP contribution >= 0.6 is 11.6 Å². The van der Waals surface area contributed by atoms with E-state index in [1.807, 2.05) is 17.0 Å². The highest BCUT2D eigenvalue weighted by Crippen LogP contribution is 2.34. The molecule has 4 rings (SSSR count). The van der Waals surface area contributed by atoms with Gasteiger partial charge in [-0.2, -0.15) is 0 Å². The number of nitrogens with zero attached hydrogens (tertiary/aromatic N) is 3. The smallest absolute Gasteiger partial charge is 0.254 e. The van der Waals surface area contributed by atoms with Gasteiger partial charge in [0, 0.05) is 35.3 Å². The topological polar surface area (TPSA) is 58.8 Å². The quantitative estimate of drug-likeness (QED) is 0.454. The van der Waals surface area contributed by atoms with E-state index in [1.54, 1.807) is 24.3 Å². The third-order valence-corrected chi connectivity index (χ3v) is 6.41. The number of rotatable bonds is 7. The molecule has 7 heteroatoms. The Labute approximate surface area is 200 Å². The Balaban J connectivity index is 1.75. The summed E-state index contributed by atoms with van der Waals surface area (Å²) in [5.41, 5.74) is 4.44. The first kappa shape index (κ1) is 23.3. The lowest BCUT2D eigenvalue weighted by Crippen LogP contribution is -2.39. The highest BCUT2D eigenvalue weighted by atomic mass is 35.5.